The first-order chi connectivity index (χ1) is 8.31. The fourth-order valence-electron chi connectivity index (χ4n) is 2.40. The van der Waals surface area contributed by atoms with E-state index in [1.165, 1.54) is 36.0 Å². The van der Waals surface area contributed by atoms with Crippen molar-refractivity contribution in [1.82, 2.24) is 4.98 Å². The second-order valence-corrected chi connectivity index (χ2v) is 4.68. The van der Waals surface area contributed by atoms with Crippen molar-refractivity contribution in [2.24, 2.45) is 0 Å². The molecule has 0 radical (unpaired) electrons. The van der Waals surface area contributed by atoms with Gasteiger partial charge in [-0.2, -0.15) is 0 Å². The Morgan fingerprint density at radius 2 is 1.94 bits per heavy atom. The molecule has 17 heavy (non-hydrogen) atoms. The van der Waals surface area contributed by atoms with Crippen LogP contribution >= 0.6 is 0 Å². The Hall–Kier alpha value is -1.83. The monoisotopic (exact) mass is 224 g/mol. The molecule has 3 rings (SSSR count). The van der Waals surface area contributed by atoms with Gasteiger partial charge in [0.1, 0.15) is 5.82 Å². The Labute approximate surface area is 102 Å². The predicted octanol–water partition coefficient (Wildman–Crippen LogP) is 3.62. The highest BCUT2D eigenvalue weighted by Gasteiger charge is 2.10. The van der Waals surface area contributed by atoms with Gasteiger partial charge in [-0.3, -0.25) is 0 Å². The van der Waals surface area contributed by atoms with Crippen molar-refractivity contribution in [3.8, 4) is 0 Å². The summed E-state index contributed by atoms with van der Waals surface area (Å²) in [7, 11) is 0. The van der Waals surface area contributed by atoms with Crippen molar-refractivity contribution in [2.75, 3.05) is 5.32 Å². The van der Waals surface area contributed by atoms with Gasteiger partial charge < -0.3 is 5.32 Å². The van der Waals surface area contributed by atoms with Gasteiger partial charge in [0, 0.05) is 11.9 Å². The second-order valence-electron chi connectivity index (χ2n) is 4.68. The average Bonchev–Trinajstić information content (AvgIpc) is 2.76. The van der Waals surface area contributed by atoms with Crippen LogP contribution in [0.3, 0.4) is 0 Å². The molecule has 0 saturated carbocycles. The fraction of sp³-hybridized carbons (Fsp3) is 0.267. The molecule has 2 nitrogen and oxygen atoms in total. The third-order valence-corrected chi connectivity index (χ3v) is 3.29. The maximum Gasteiger partial charge on any atom is 0.130 e. The quantitative estimate of drug-likeness (QED) is 0.842. The van der Waals surface area contributed by atoms with E-state index < -0.39 is 0 Å². The van der Waals surface area contributed by atoms with Gasteiger partial charge in [0.25, 0.3) is 0 Å². The third kappa shape index (κ3) is 2.16. The van der Waals surface area contributed by atoms with E-state index in [0.717, 1.165) is 11.5 Å². The summed E-state index contributed by atoms with van der Waals surface area (Å²) in [6, 6.07) is 10.7. The number of fused-ring (bicyclic) bond motifs is 1. The molecule has 0 fully saturated rings. The molecule has 1 aromatic heterocycles. The van der Waals surface area contributed by atoms with Crippen LogP contribution in [-0.2, 0) is 12.8 Å². The topological polar surface area (TPSA) is 24.9 Å². The summed E-state index contributed by atoms with van der Waals surface area (Å²) in [4.78, 5) is 4.32. The molecular weight excluding hydrogens is 208 g/mol. The lowest BCUT2D eigenvalue weighted by Gasteiger charge is -2.08. The molecule has 0 saturated heterocycles. The zero-order valence-corrected chi connectivity index (χ0v) is 10.0. The first kappa shape index (κ1) is 10.3. The van der Waals surface area contributed by atoms with E-state index in [0.29, 0.717) is 0 Å². The van der Waals surface area contributed by atoms with E-state index in [9.17, 15) is 0 Å². The molecule has 2 heteroatoms. The van der Waals surface area contributed by atoms with Crippen molar-refractivity contribution >= 4 is 11.5 Å². The lowest BCUT2D eigenvalue weighted by Crippen LogP contribution is -1.94. The van der Waals surface area contributed by atoms with Gasteiger partial charge in [0.2, 0.25) is 0 Å². The molecule has 1 aliphatic rings. The van der Waals surface area contributed by atoms with Crippen molar-refractivity contribution in [3.05, 3.63) is 53.2 Å². The highest BCUT2D eigenvalue weighted by atomic mass is 15.0. The van der Waals surface area contributed by atoms with Gasteiger partial charge in [0.05, 0.1) is 0 Å². The Kier molecular flexibility index (Phi) is 2.56. The van der Waals surface area contributed by atoms with Crippen LogP contribution in [0.5, 0.6) is 0 Å². The number of nitrogens with zero attached hydrogens (tertiary/aromatic N) is 1. The number of hydrogen-bond donors (Lipinski definition) is 1. The molecule has 86 valence electrons. The molecular formula is C15H16N2. The fourth-order valence-corrected chi connectivity index (χ4v) is 2.40. The van der Waals surface area contributed by atoms with E-state index in [4.69, 9.17) is 0 Å². The molecule has 0 aliphatic heterocycles. The van der Waals surface area contributed by atoms with Crippen LogP contribution in [0.2, 0.25) is 0 Å². The van der Waals surface area contributed by atoms with E-state index in [-0.39, 0.29) is 0 Å². The van der Waals surface area contributed by atoms with Gasteiger partial charge in [-0.1, -0.05) is 6.07 Å². The highest BCUT2D eigenvalue weighted by Crippen LogP contribution is 2.26. The second kappa shape index (κ2) is 4.21. The van der Waals surface area contributed by atoms with Crippen LogP contribution in [0.15, 0.2) is 36.5 Å². The third-order valence-electron chi connectivity index (χ3n) is 3.29. The van der Waals surface area contributed by atoms with Crippen molar-refractivity contribution < 1.29 is 0 Å². The van der Waals surface area contributed by atoms with Gasteiger partial charge >= 0.3 is 0 Å². The highest BCUT2D eigenvalue weighted by molar-refractivity contribution is 5.59. The minimum atomic E-state index is 0.919. The Bertz CT molecular complexity index is 546. The lowest BCUT2D eigenvalue weighted by atomic mass is 10.1. The normalized spacial score (nSPS) is 13.5. The summed E-state index contributed by atoms with van der Waals surface area (Å²) >= 11 is 0. The maximum absolute atomic E-state index is 4.32. The molecule has 0 bridgehead atoms. The average molecular weight is 224 g/mol. The predicted molar refractivity (Wildman–Crippen MR) is 70.7 cm³/mol. The molecule has 0 amide bonds. The Balaban J connectivity index is 1.86. The van der Waals surface area contributed by atoms with Gasteiger partial charge in [-0.05, 0) is 67.1 Å². The van der Waals surface area contributed by atoms with E-state index in [1.54, 1.807) is 0 Å². The summed E-state index contributed by atoms with van der Waals surface area (Å²) in [5.74, 6) is 0.919. The standard InChI is InChI=1S/C15H16N2/c1-11-7-8-16-15(9-11)17-14-6-5-12-3-2-4-13(12)10-14/h5-10H,2-4H2,1H3,(H,16,17). The van der Waals surface area contributed by atoms with E-state index in [1.807, 2.05) is 12.3 Å². The molecule has 1 aliphatic carbocycles. The van der Waals surface area contributed by atoms with Gasteiger partial charge in [-0.15, -0.1) is 0 Å². The first-order valence-electron chi connectivity index (χ1n) is 6.13. The smallest absolute Gasteiger partial charge is 0.130 e. The number of benzene rings is 1. The maximum atomic E-state index is 4.32. The van der Waals surface area contributed by atoms with Crippen LogP contribution in [0.4, 0.5) is 11.5 Å². The van der Waals surface area contributed by atoms with E-state index in [2.05, 4.69) is 41.5 Å². The van der Waals surface area contributed by atoms with Crippen molar-refractivity contribution in [2.45, 2.75) is 26.2 Å². The van der Waals surface area contributed by atoms with Crippen LogP contribution < -0.4 is 5.32 Å². The molecule has 0 atom stereocenters. The minimum Gasteiger partial charge on any atom is -0.340 e. The number of aromatic nitrogens is 1. The zero-order chi connectivity index (χ0) is 11.7. The van der Waals surface area contributed by atoms with Crippen LogP contribution in [0.1, 0.15) is 23.1 Å². The van der Waals surface area contributed by atoms with Crippen molar-refractivity contribution in [3.63, 3.8) is 0 Å². The Morgan fingerprint density at radius 1 is 1.06 bits per heavy atom. The van der Waals surface area contributed by atoms with Crippen LogP contribution in [0.25, 0.3) is 0 Å². The number of aryl methyl sites for hydroxylation is 3. The van der Waals surface area contributed by atoms with Crippen molar-refractivity contribution in [1.29, 1.82) is 0 Å². The summed E-state index contributed by atoms with van der Waals surface area (Å²) in [5, 5.41) is 3.36. The molecule has 1 N–H and O–H groups in total. The van der Waals surface area contributed by atoms with Crippen LogP contribution in [0, 0.1) is 6.92 Å². The lowest BCUT2D eigenvalue weighted by molar-refractivity contribution is 0.912. The van der Waals surface area contributed by atoms with Crippen LogP contribution in [-0.4, -0.2) is 4.98 Å². The summed E-state index contributed by atoms with van der Waals surface area (Å²) < 4.78 is 0. The zero-order valence-electron chi connectivity index (χ0n) is 10.0. The SMILES string of the molecule is Cc1ccnc(Nc2ccc3c(c2)CCC3)c1. The molecule has 1 heterocycles. The summed E-state index contributed by atoms with van der Waals surface area (Å²) in [6.07, 6.45) is 5.58. The number of pyridine rings is 1. The molecule has 0 spiro atoms. The minimum absolute atomic E-state index is 0.919. The molecule has 1 aromatic carbocycles. The number of anilines is 2. The largest absolute Gasteiger partial charge is 0.340 e. The number of hydrogen-bond acceptors (Lipinski definition) is 2. The molecule has 2 aromatic rings. The summed E-state index contributed by atoms with van der Waals surface area (Å²) in [5.41, 5.74) is 5.36. The Morgan fingerprint density at radius 3 is 2.82 bits per heavy atom. The number of rotatable bonds is 2. The van der Waals surface area contributed by atoms with Gasteiger partial charge in [0.15, 0.2) is 0 Å². The van der Waals surface area contributed by atoms with Gasteiger partial charge in [-0.25, -0.2) is 4.98 Å². The molecule has 0 unspecified atom stereocenters. The summed E-state index contributed by atoms with van der Waals surface area (Å²) in [6.45, 7) is 2.08. The van der Waals surface area contributed by atoms with E-state index >= 15 is 0 Å². The first-order valence-corrected chi connectivity index (χ1v) is 6.13. The number of nitrogens with one attached hydrogen (secondary N) is 1.